The van der Waals surface area contributed by atoms with Gasteiger partial charge in [0.1, 0.15) is 17.9 Å². The van der Waals surface area contributed by atoms with Crippen molar-refractivity contribution in [2.24, 2.45) is 5.92 Å². The zero-order valence-electron chi connectivity index (χ0n) is 14.1. The second-order valence-electron chi connectivity index (χ2n) is 6.51. The molecule has 124 valence electrons. The molecule has 0 N–H and O–H groups in total. The monoisotopic (exact) mass is 314 g/mol. The predicted molar refractivity (Wildman–Crippen MR) is 90.6 cm³/mol. The Morgan fingerprint density at radius 2 is 2.17 bits per heavy atom. The molecule has 1 aromatic carbocycles. The summed E-state index contributed by atoms with van der Waals surface area (Å²) in [6.07, 6.45) is 4.33. The number of nitrogens with zero attached hydrogens (tertiary/aromatic N) is 4. The molecule has 2 heterocycles. The quantitative estimate of drug-likeness (QED) is 0.822. The first-order valence-electron chi connectivity index (χ1n) is 8.47. The number of ether oxygens (including phenoxy) is 1. The van der Waals surface area contributed by atoms with Crippen molar-refractivity contribution in [1.82, 2.24) is 19.7 Å². The third-order valence-corrected chi connectivity index (χ3v) is 4.54. The molecule has 1 fully saturated rings. The van der Waals surface area contributed by atoms with E-state index in [1.54, 1.807) is 0 Å². The lowest BCUT2D eigenvalue weighted by Gasteiger charge is -2.32. The summed E-state index contributed by atoms with van der Waals surface area (Å²) in [4.78, 5) is 2.53. The fourth-order valence-corrected chi connectivity index (χ4v) is 3.19. The van der Waals surface area contributed by atoms with Crippen LogP contribution in [-0.4, -0.2) is 45.9 Å². The first-order chi connectivity index (χ1) is 11.2. The summed E-state index contributed by atoms with van der Waals surface area (Å²) in [5, 5.41) is 7.98. The first-order valence-corrected chi connectivity index (χ1v) is 8.47. The van der Waals surface area contributed by atoms with Crippen LogP contribution in [0.2, 0.25) is 0 Å². The van der Waals surface area contributed by atoms with Crippen molar-refractivity contribution in [3.8, 4) is 5.75 Å². The maximum atomic E-state index is 5.99. The Bertz CT molecular complexity index is 625. The number of benzene rings is 1. The molecule has 0 amide bonds. The van der Waals surface area contributed by atoms with Gasteiger partial charge in [0.25, 0.3) is 0 Å². The van der Waals surface area contributed by atoms with Gasteiger partial charge in [-0.2, -0.15) is 0 Å². The van der Waals surface area contributed by atoms with E-state index in [1.807, 2.05) is 19.3 Å². The van der Waals surface area contributed by atoms with Crippen LogP contribution in [0.4, 0.5) is 0 Å². The number of likely N-dealkylation sites (tertiary alicyclic amines) is 1. The molecule has 3 rings (SSSR count). The lowest BCUT2D eigenvalue weighted by Crippen LogP contribution is -2.39. The predicted octanol–water partition coefficient (Wildman–Crippen LogP) is 2.69. The third-order valence-electron chi connectivity index (χ3n) is 4.54. The number of aromatic nitrogens is 3. The van der Waals surface area contributed by atoms with Crippen LogP contribution in [0.5, 0.6) is 5.75 Å². The fraction of sp³-hybridized carbons (Fsp3) is 0.556. The highest BCUT2D eigenvalue weighted by atomic mass is 16.5. The van der Waals surface area contributed by atoms with E-state index in [1.165, 1.54) is 24.9 Å². The molecule has 0 spiro atoms. The van der Waals surface area contributed by atoms with Gasteiger partial charge in [-0.05, 0) is 50.9 Å². The highest BCUT2D eigenvalue weighted by Gasteiger charge is 2.20. The van der Waals surface area contributed by atoms with Crippen molar-refractivity contribution in [3.05, 3.63) is 42.0 Å². The van der Waals surface area contributed by atoms with Crippen LogP contribution in [-0.2, 0) is 6.54 Å². The van der Waals surface area contributed by atoms with E-state index in [2.05, 4.69) is 44.8 Å². The highest BCUT2D eigenvalue weighted by molar-refractivity contribution is 5.27. The van der Waals surface area contributed by atoms with Crippen molar-refractivity contribution in [2.75, 3.05) is 26.2 Å². The molecule has 0 bridgehead atoms. The Hall–Kier alpha value is -1.88. The maximum Gasteiger partial charge on any atom is 0.129 e. The Morgan fingerprint density at radius 1 is 1.26 bits per heavy atom. The van der Waals surface area contributed by atoms with E-state index in [4.69, 9.17) is 4.74 Å². The lowest BCUT2D eigenvalue weighted by atomic mass is 9.99. The SMILES string of the molecule is Cc1cccc(OCC2CCCN(CCn3cnnc3C)C2)c1. The molecule has 1 aromatic heterocycles. The van der Waals surface area contributed by atoms with E-state index in [0.717, 1.165) is 37.8 Å². The van der Waals surface area contributed by atoms with Gasteiger partial charge in [0.2, 0.25) is 0 Å². The molecular weight excluding hydrogens is 288 g/mol. The average molecular weight is 314 g/mol. The topological polar surface area (TPSA) is 43.2 Å². The summed E-state index contributed by atoms with van der Waals surface area (Å²) in [7, 11) is 0. The summed E-state index contributed by atoms with van der Waals surface area (Å²) in [5.41, 5.74) is 1.25. The molecule has 0 radical (unpaired) electrons. The molecule has 0 aliphatic carbocycles. The maximum absolute atomic E-state index is 5.99. The fourth-order valence-electron chi connectivity index (χ4n) is 3.19. The first kappa shape index (κ1) is 16.0. The second kappa shape index (κ2) is 7.59. The molecule has 23 heavy (non-hydrogen) atoms. The molecule has 1 aliphatic rings. The number of rotatable bonds is 6. The van der Waals surface area contributed by atoms with Gasteiger partial charge in [0.05, 0.1) is 6.61 Å². The van der Waals surface area contributed by atoms with Crippen LogP contribution < -0.4 is 4.74 Å². The van der Waals surface area contributed by atoms with Crippen LogP contribution in [0, 0.1) is 19.8 Å². The number of aryl methyl sites for hydroxylation is 2. The van der Waals surface area contributed by atoms with Crippen LogP contribution in [0.25, 0.3) is 0 Å². The zero-order chi connectivity index (χ0) is 16.1. The van der Waals surface area contributed by atoms with Crippen LogP contribution in [0.15, 0.2) is 30.6 Å². The van der Waals surface area contributed by atoms with Gasteiger partial charge in [0.15, 0.2) is 0 Å². The van der Waals surface area contributed by atoms with Gasteiger partial charge in [0, 0.05) is 25.6 Å². The molecule has 1 saturated heterocycles. The summed E-state index contributed by atoms with van der Waals surface area (Å²) in [6.45, 7) is 9.23. The number of hydrogen-bond acceptors (Lipinski definition) is 4. The minimum Gasteiger partial charge on any atom is -0.493 e. The summed E-state index contributed by atoms with van der Waals surface area (Å²) in [6, 6.07) is 8.30. The van der Waals surface area contributed by atoms with E-state index in [9.17, 15) is 0 Å². The summed E-state index contributed by atoms with van der Waals surface area (Å²) in [5.74, 6) is 2.59. The Balaban J connectivity index is 1.45. The Labute approximate surface area is 138 Å². The van der Waals surface area contributed by atoms with E-state index in [0.29, 0.717) is 5.92 Å². The molecule has 0 saturated carbocycles. The number of hydrogen-bond donors (Lipinski definition) is 0. The molecule has 2 aromatic rings. The highest BCUT2D eigenvalue weighted by Crippen LogP contribution is 2.19. The van der Waals surface area contributed by atoms with Gasteiger partial charge < -0.3 is 14.2 Å². The van der Waals surface area contributed by atoms with Crippen molar-refractivity contribution in [3.63, 3.8) is 0 Å². The summed E-state index contributed by atoms with van der Waals surface area (Å²) < 4.78 is 8.11. The molecule has 1 aliphatic heterocycles. The van der Waals surface area contributed by atoms with Crippen molar-refractivity contribution in [2.45, 2.75) is 33.2 Å². The molecular formula is C18H26N4O. The van der Waals surface area contributed by atoms with Gasteiger partial charge in [-0.1, -0.05) is 12.1 Å². The minimum absolute atomic E-state index is 0.617. The molecule has 1 atom stereocenters. The smallest absolute Gasteiger partial charge is 0.129 e. The van der Waals surface area contributed by atoms with Crippen molar-refractivity contribution in [1.29, 1.82) is 0 Å². The van der Waals surface area contributed by atoms with Crippen molar-refractivity contribution >= 4 is 0 Å². The standard InChI is InChI=1S/C18H26N4O/c1-15-5-3-7-18(11-15)23-13-17-6-4-8-21(12-17)9-10-22-14-19-20-16(22)2/h3,5,7,11,14,17H,4,6,8-10,12-13H2,1-2H3. The molecule has 5 heteroatoms. The Kier molecular flexibility index (Phi) is 5.28. The Morgan fingerprint density at radius 3 is 2.96 bits per heavy atom. The van der Waals surface area contributed by atoms with E-state index >= 15 is 0 Å². The zero-order valence-corrected chi connectivity index (χ0v) is 14.1. The van der Waals surface area contributed by atoms with Crippen LogP contribution in [0.3, 0.4) is 0 Å². The van der Waals surface area contributed by atoms with Crippen LogP contribution in [0.1, 0.15) is 24.2 Å². The van der Waals surface area contributed by atoms with Gasteiger partial charge in [-0.15, -0.1) is 10.2 Å². The molecule has 5 nitrogen and oxygen atoms in total. The normalized spacial score (nSPS) is 19.0. The van der Waals surface area contributed by atoms with Gasteiger partial charge in [-0.3, -0.25) is 0 Å². The van der Waals surface area contributed by atoms with Crippen LogP contribution >= 0.6 is 0 Å². The largest absolute Gasteiger partial charge is 0.493 e. The average Bonchev–Trinajstić information content (AvgIpc) is 2.97. The summed E-state index contributed by atoms with van der Waals surface area (Å²) >= 11 is 0. The minimum atomic E-state index is 0.617. The van der Waals surface area contributed by atoms with Gasteiger partial charge in [-0.25, -0.2) is 0 Å². The van der Waals surface area contributed by atoms with E-state index < -0.39 is 0 Å². The van der Waals surface area contributed by atoms with E-state index in [-0.39, 0.29) is 0 Å². The lowest BCUT2D eigenvalue weighted by molar-refractivity contribution is 0.127. The second-order valence-corrected chi connectivity index (χ2v) is 6.51. The third kappa shape index (κ3) is 4.55. The van der Waals surface area contributed by atoms with Crippen molar-refractivity contribution < 1.29 is 4.74 Å². The number of piperidine rings is 1. The van der Waals surface area contributed by atoms with Gasteiger partial charge >= 0.3 is 0 Å². The molecule has 1 unspecified atom stereocenters.